The van der Waals surface area contributed by atoms with Crippen LogP contribution < -0.4 is 9.46 Å². The van der Waals surface area contributed by atoms with E-state index in [4.69, 9.17) is 4.74 Å². The molecule has 0 amide bonds. The molecule has 5 nitrogen and oxygen atoms in total. The molecule has 0 atom stereocenters. The molecule has 2 aromatic rings. The van der Waals surface area contributed by atoms with Crippen molar-refractivity contribution < 1.29 is 18.3 Å². The third-order valence-electron chi connectivity index (χ3n) is 2.50. The summed E-state index contributed by atoms with van der Waals surface area (Å²) in [7, 11) is -2.27. The van der Waals surface area contributed by atoms with Crippen LogP contribution in [0, 0.1) is 0 Å². The van der Waals surface area contributed by atoms with Crippen LogP contribution >= 0.6 is 0 Å². The van der Waals surface area contributed by atoms with Crippen molar-refractivity contribution in [3.05, 3.63) is 48.5 Å². The van der Waals surface area contributed by atoms with E-state index in [1.165, 1.54) is 37.4 Å². The van der Waals surface area contributed by atoms with E-state index in [1.54, 1.807) is 18.2 Å². The molecule has 0 aliphatic carbocycles. The molecule has 0 spiro atoms. The van der Waals surface area contributed by atoms with Gasteiger partial charge in [0.1, 0.15) is 11.5 Å². The first-order valence-electron chi connectivity index (χ1n) is 5.48. The molecular formula is C13H13NO4S. The number of hydrogen-bond acceptors (Lipinski definition) is 4. The van der Waals surface area contributed by atoms with Crippen molar-refractivity contribution in [3.8, 4) is 11.5 Å². The van der Waals surface area contributed by atoms with Gasteiger partial charge in [-0.15, -0.1) is 0 Å². The highest BCUT2D eigenvalue weighted by Gasteiger charge is 2.15. The predicted octanol–water partition coefficient (Wildman–Crippen LogP) is 2.20. The quantitative estimate of drug-likeness (QED) is 0.841. The lowest BCUT2D eigenvalue weighted by molar-refractivity contribution is 0.413. The minimum atomic E-state index is -3.73. The molecule has 2 aromatic carbocycles. The van der Waals surface area contributed by atoms with Gasteiger partial charge in [0.2, 0.25) is 0 Å². The molecule has 0 aliphatic rings. The summed E-state index contributed by atoms with van der Waals surface area (Å²) in [6.07, 6.45) is 0. The van der Waals surface area contributed by atoms with Crippen LogP contribution in [0.5, 0.6) is 11.5 Å². The SMILES string of the molecule is COc1ccc(O)c(NS(=O)(=O)c2ccccc2)c1. The van der Waals surface area contributed by atoms with Crippen molar-refractivity contribution in [1.29, 1.82) is 0 Å². The second kappa shape index (κ2) is 5.19. The van der Waals surface area contributed by atoms with Gasteiger partial charge in [-0.2, -0.15) is 0 Å². The normalized spacial score (nSPS) is 11.0. The lowest BCUT2D eigenvalue weighted by Crippen LogP contribution is -2.12. The lowest BCUT2D eigenvalue weighted by atomic mass is 10.3. The van der Waals surface area contributed by atoms with Crippen LogP contribution in [0.3, 0.4) is 0 Å². The Kier molecular flexibility index (Phi) is 3.62. The van der Waals surface area contributed by atoms with Gasteiger partial charge in [0, 0.05) is 6.07 Å². The highest BCUT2D eigenvalue weighted by Crippen LogP contribution is 2.29. The number of phenolic OH excluding ortho intramolecular Hbond substituents is 1. The van der Waals surface area contributed by atoms with Gasteiger partial charge < -0.3 is 9.84 Å². The molecule has 0 aliphatic heterocycles. The van der Waals surface area contributed by atoms with Crippen molar-refractivity contribution >= 4 is 15.7 Å². The van der Waals surface area contributed by atoms with E-state index >= 15 is 0 Å². The number of sulfonamides is 1. The van der Waals surface area contributed by atoms with Gasteiger partial charge in [0.15, 0.2) is 0 Å². The van der Waals surface area contributed by atoms with E-state index in [0.717, 1.165) is 0 Å². The Hall–Kier alpha value is -2.21. The molecule has 0 saturated heterocycles. The van der Waals surface area contributed by atoms with E-state index in [1.807, 2.05) is 0 Å². The molecule has 0 saturated carbocycles. The maximum absolute atomic E-state index is 12.1. The molecule has 2 N–H and O–H groups in total. The number of phenols is 1. The van der Waals surface area contributed by atoms with Crippen molar-refractivity contribution in [2.75, 3.05) is 11.8 Å². The van der Waals surface area contributed by atoms with Gasteiger partial charge in [-0.1, -0.05) is 18.2 Å². The Bertz CT molecular complexity index is 668. The Balaban J connectivity index is 2.36. The summed E-state index contributed by atoms with van der Waals surface area (Å²) in [4.78, 5) is 0.122. The summed E-state index contributed by atoms with van der Waals surface area (Å²) in [5, 5.41) is 9.66. The van der Waals surface area contributed by atoms with Gasteiger partial charge in [0.25, 0.3) is 10.0 Å². The van der Waals surface area contributed by atoms with E-state index in [9.17, 15) is 13.5 Å². The van der Waals surface area contributed by atoms with E-state index in [2.05, 4.69) is 4.72 Å². The van der Waals surface area contributed by atoms with Crippen molar-refractivity contribution in [2.24, 2.45) is 0 Å². The van der Waals surface area contributed by atoms with Crippen LogP contribution in [0.1, 0.15) is 0 Å². The molecule has 0 bridgehead atoms. The second-order valence-corrected chi connectivity index (χ2v) is 5.48. The van der Waals surface area contributed by atoms with Crippen LogP contribution in [0.2, 0.25) is 0 Å². The van der Waals surface area contributed by atoms with Gasteiger partial charge in [-0.25, -0.2) is 8.42 Å². The molecule has 0 heterocycles. The topological polar surface area (TPSA) is 75.6 Å². The average molecular weight is 279 g/mol. The van der Waals surface area contributed by atoms with Crippen LogP contribution in [0.4, 0.5) is 5.69 Å². The first-order chi connectivity index (χ1) is 9.03. The van der Waals surface area contributed by atoms with E-state index in [-0.39, 0.29) is 16.3 Å². The van der Waals surface area contributed by atoms with Crippen LogP contribution in [0.15, 0.2) is 53.4 Å². The number of ether oxygens (including phenoxy) is 1. The molecular weight excluding hydrogens is 266 g/mol. The Morgan fingerprint density at radius 3 is 2.42 bits per heavy atom. The summed E-state index contributed by atoms with van der Waals surface area (Å²) in [5.74, 6) is 0.281. The first kappa shape index (κ1) is 13.2. The number of hydrogen-bond donors (Lipinski definition) is 2. The summed E-state index contributed by atoms with van der Waals surface area (Å²) in [6, 6.07) is 12.2. The fraction of sp³-hybridized carbons (Fsp3) is 0.0769. The number of aromatic hydroxyl groups is 1. The average Bonchev–Trinajstić information content (AvgIpc) is 2.42. The number of rotatable bonds is 4. The van der Waals surface area contributed by atoms with Gasteiger partial charge in [-0.05, 0) is 24.3 Å². The maximum Gasteiger partial charge on any atom is 0.262 e. The molecule has 19 heavy (non-hydrogen) atoms. The fourth-order valence-electron chi connectivity index (χ4n) is 1.53. The van der Waals surface area contributed by atoms with E-state index < -0.39 is 10.0 Å². The summed E-state index contributed by atoms with van der Waals surface area (Å²) in [6.45, 7) is 0. The Morgan fingerprint density at radius 1 is 1.11 bits per heavy atom. The first-order valence-corrected chi connectivity index (χ1v) is 6.96. The van der Waals surface area contributed by atoms with Crippen LogP contribution in [-0.2, 0) is 10.0 Å². The third kappa shape index (κ3) is 2.97. The smallest absolute Gasteiger partial charge is 0.262 e. The van der Waals surface area contributed by atoms with Crippen molar-refractivity contribution in [3.63, 3.8) is 0 Å². The Morgan fingerprint density at radius 2 is 1.79 bits per heavy atom. The summed E-state index contributed by atoms with van der Waals surface area (Å²) < 4.78 is 31.5. The van der Waals surface area contributed by atoms with Gasteiger partial charge >= 0.3 is 0 Å². The largest absolute Gasteiger partial charge is 0.506 e. The number of nitrogens with one attached hydrogen (secondary N) is 1. The predicted molar refractivity (Wildman–Crippen MR) is 71.9 cm³/mol. The number of methoxy groups -OCH3 is 1. The molecule has 0 radical (unpaired) electrons. The third-order valence-corrected chi connectivity index (χ3v) is 3.88. The van der Waals surface area contributed by atoms with Crippen LogP contribution in [-0.4, -0.2) is 20.6 Å². The Labute approximate surface area is 111 Å². The van der Waals surface area contributed by atoms with Gasteiger partial charge in [-0.3, -0.25) is 4.72 Å². The van der Waals surface area contributed by atoms with Crippen molar-refractivity contribution in [1.82, 2.24) is 0 Å². The summed E-state index contributed by atoms with van der Waals surface area (Å²) in [5.41, 5.74) is 0.0724. The molecule has 0 fully saturated rings. The zero-order chi connectivity index (χ0) is 13.9. The second-order valence-electron chi connectivity index (χ2n) is 3.80. The number of anilines is 1. The van der Waals surface area contributed by atoms with Crippen LogP contribution in [0.25, 0.3) is 0 Å². The standard InChI is InChI=1S/C13H13NO4S/c1-18-10-7-8-13(15)12(9-10)14-19(16,17)11-5-3-2-4-6-11/h2-9,14-15H,1H3. The maximum atomic E-state index is 12.1. The zero-order valence-corrected chi connectivity index (χ0v) is 11.0. The molecule has 100 valence electrons. The molecule has 0 unspecified atom stereocenters. The highest BCUT2D eigenvalue weighted by atomic mass is 32.2. The zero-order valence-electron chi connectivity index (χ0n) is 10.2. The minimum Gasteiger partial charge on any atom is -0.506 e. The van der Waals surface area contributed by atoms with Crippen molar-refractivity contribution in [2.45, 2.75) is 4.90 Å². The monoisotopic (exact) mass is 279 g/mol. The lowest BCUT2D eigenvalue weighted by Gasteiger charge is -2.10. The van der Waals surface area contributed by atoms with Gasteiger partial charge in [0.05, 0.1) is 17.7 Å². The molecule has 2 rings (SSSR count). The molecule has 6 heteroatoms. The summed E-state index contributed by atoms with van der Waals surface area (Å²) >= 11 is 0. The minimum absolute atomic E-state index is 0.0724. The fourth-order valence-corrected chi connectivity index (χ4v) is 2.61. The number of benzene rings is 2. The highest BCUT2D eigenvalue weighted by molar-refractivity contribution is 7.92. The van der Waals surface area contributed by atoms with E-state index in [0.29, 0.717) is 5.75 Å². The molecule has 0 aromatic heterocycles.